The van der Waals surface area contributed by atoms with Crippen molar-refractivity contribution in [1.82, 2.24) is 10.2 Å². The molecule has 3 N–H and O–H groups in total. The Morgan fingerprint density at radius 1 is 1.00 bits per heavy atom. The lowest BCUT2D eigenvalue weighted by molar-refractivity contribution is -0.245. The highest BCUT2D eigenvalue weighted by atomic mass is 32.2. The van der Waals surface area contributed by atoms with E-state index in [4.69, 9.17) is 14.6 Å². The number of hydrogen-bond donors (Lipinski definition) is 3. The molecule has 3 atom stereocenters. The molecule has 1 aliphatic rings. The summed E-state index contributed by atoms with van der Waals surface area (Å²) in [6, 6.07) is 15.2. The van der Waals surface area contributed by atoms with Gasteiger partial charge < -0.3 is 25.0 Å². The molecule has 2 aromatic carbocycles. The van der Waals surface area contributed by atoms with Gasteiger partial charge in [0.1, 0.15) is 5.01 Å². The van der Waals surface area contributed by atoms with E-state index in [9.17, 15) is 14.7 Å². The Balaban J connectivity index is 1.38. The van der Waals surface area contributed by atoms with E-state index in [0.717, 1.165) is 26.0 Å². The van der Waals surface area contributed by atoms with Gasteiger partial charge in [-0.3, -0.25) is 9.59 Å². The van der Waals surface area contributed by atoms with Gasteiger partial charge in [0.2, 0.25) is 5.91 Å². The number of amides is 1. The van der Waals surface area contributed by atoms with Gasteiger partial charge in [0.05, 0.1) is 18.8 Å². The first kappa shape index (κ1) is 29.2. The number of carbonyl (C=O) groups excluding carboxylic acids is 1. The van der Waals surface area contributed by atoms with E-state index in [1.165, 1.54) is 0 Å². The summed E-state index contributed by atoms with van der Waals surface area (Å²) in [6.07, 6.45) is 2.24. The van der Waals surface area contributed by atoms with Crippen LogP contribution in [-0.2, 0) is 25.7 Å². The predicted octanol–water partition coefficient (Wildman–Crippen LogP) is 5.65. The second kappa shape index (κ2) is 14.5. The number of nitrogens with one attached hydrogen (secondary N) is 1. The molecular weight excluding hydrogens is 538 g/mol. The van der Waals surface area contributed by atoms with Crippen molar-refractivity contribution in [3.63, 3.8) is 0 Å². The minimum atomic E-state index is -0.812. The number of aryl methyl sites for hydroxylation is 1. The molecule has 1 amide bonds. The minimum Gasteiger partial charge on any atom is -0.481 e. The number of carboxylic acids is 1. The Hall–Kier alpha value is -2.83. The molecule has 208 valence electrons. The monoisotopic (exact) mass is 571 g/mol. The molecular formula is C28H33N3O6S2. The molecule has 0 aliphatic carbocycles. The molecule has 2 heterocycles. The Morgan fingerprint density at radius 3 is 2.38 bits per heavy atom. The van der Waals surface area contributed by atoms with Crippen molar-refractivity contribution in [2.24, 2.45) is 0 Å². The van der Waals surface area contributed by atoms with Crippen LogP contribution in [0.25, 0.3) is 0 Å². The molecule has 11 heteroatoms. The van der Waals surface area contributed by atoms with E-state index in [-0.39, 0.29) is 31.1 Å². The van der Waals surface area contributed by atoms with Crippen LogP contribution in [0.5, 0.6) is 0 Å². The van der Waals surface area contributed by atoms with Crippen LogP contribution in [0, 0.1) is 6.92 Å². The minimum absolute atomic E-state index is 0.00825. The number of aromatic nitrogens is 2. The van der Waals surface area contributed by atoms with E-state index >= 15 is 0 Å². The highest BCUT2D eigenvalue weighted by Gasteiger charge is 2.32. The van der Waals surface area contributed by atoms with Gasteiger partial charge >= 0.3 is 5.97 Å². The molecule has 1 aromatic heterocycles. The van der Waals surface area contributed by atoms with Crippen LogP contribution in [0.1, 0.15) is 72.6 Å². The second-order valence-electron chi connectivity index (χ2n) is 9.37. The van der Waals surface area contributed by atoms with Crippen LogP contribution >= 0.6 is 23.1 Å². The highest BCUT2D eigenvalue weighted by molar-refractivity contribution is 8.01. The first-order valence-corrected chi connectivity index (χ1v) is 14.7. The van der Waals surface area contributed by atoms with Crippen LogP contribution in [0.4, 0.5) is 5.69 Å². The largest absolute Gasteiger partial charge is 0.481 e. The van der Waals surface area contributed by atoms with E-state index in [1.54, 1.807) is 23.1 Å². The number of ether oxygens (including phenoxy) is 2. The quantitative estimate of drug-likeness (QED) is 0.176. The average molecular weight is 572 g/mol. The molecule has 0 saturated carbocycles. The lowest BCUT2D eigenvalue weighted by Crippen LogP contribution is -2.31. The van der Waals surface area contributed by atoms with Crippen LogP contribution in [0.15, 0.2) is 52.9 Å². The molecule has 1 fully saturated rings. The predicted molar refractivity (Wildman–Crippen MR) is 150 cm³/mol. The average Bonchev–Trinajstić information content (AvgIpc) is 3.36. The fraction of sp³-hybridized carbons (Fsp3) is 0.429. The molecule has 4 rings (SSSR count). The number of carboxylic acid groups (broad SMARTS) is 1. The van der Waals surface area contributed by atoms with Crippen LogP contribution in [-0.4, -0.2) is 44.1 Å². The summed E-state index contributed by atoms with van der Waals surface area (Å²) in [4.78, 5) is 22.9. The number of aliphatic hydroxyl groups excluding tert-OH is 1. The number of aliphatic carboxylic acids is 1. The zero-order valence-electron chi connectivity index (χ0n) is 21.7. The first-order valence-electron chi connectivity index (χ1n) is 12.9. The van der Waals surface area contributed by atoms with Crippen LogP contribution < -0.4 is 5.32 Å². The van der Waals surface area contributed by atoms with Crippen LogP contribution in [0.3, 0.4) is 0 Å². The van der Waals surface area contributed by atoms with Gasteiger partial charge in [-0.1, -0.05) is 65.9 Å². The van der Waals surface area contributed by atoms with Gasteiger partial charge in [0.25, 0.3) is 0 Å². The molecule has 9 nitrogen and oxygen atoms in total. The Labute approximate surface area is 236 Å². The van der Waals surface area contributed by atoms with Crippen molar-refractivity contribution in [2.75, 3.05) is 11.1 Å². The van der Waals surface area contributed by atoms with Gasteiger partial charge in [-0.2, -0.15) is 0 Å². The van der Waals surface area contributed by atoms with E-state index in [2.05, 4.69) is 15.5 Å². The van der Waals surface area contributed by atoms with Crippen molar-refractivity contribution >= 4 is 40.7 Å². The third-order valence-electron chi connectivity index (χ3n) is 6.28. The topological polar surface area (TPSA) is 131 Å². The SMILES string of the molecule is Cc1nnc(SCC2CC(c3ccc(CO)cc3)OC(c3ccc(NC(=O)CCCCCC(=O)O)cc3)O2)s1. The maximum Gasteiger partial charge on any atom is 0.303 e. The third kappa shape index (κ3) is 9.11. The van der Waals surface area contributed by atoms with Gasteiger partial charge in [-0.25, -0.2) is 0 Å². The number of nitrogens with zero attached hydrogens (tertiary/aromatic N) is 2. The second-order valence-corrected chi connectivity index (χ2v) is 11.8. The fourth-order valence-electron chi connectivity index (χ4n) is 4.21. The van der Waals surface area contributed by atoms with Crippen LogP contribution in [0.2, 0.25) is 0 Å². The van der Waals surface area contributed by atoms with Crippen molar-refractivity contribution in [3.05, 3.63) is 70.2 Å². The Bertz CT molecular complexity index is 1220. The molecule has 3 aromatic rings. The summed E-state index contributed by atoms with van der Waals surface area (Å²) >= 11 is 3.18. The highest BCUT2D eigenvalue weighted by Crippen LogP contribution is 2.39. The molecule has 0 radical (unpaired) electrons. The summed E-state index contributed by atoms with van der Waals surface area (Å²) in [5, 5.41) is 30.2. The zero-order valence-corrected chi connectivity index (χ0v) is 23.4. The maximum absolute atomic E-state index is 12.3. The lowest BCUT2D eigenvalue weighted by Gasteiger charge is -2.36. The normalized spacial score (nSPS) is 19.1. The number of unbranched alkanes of at least 4 members (excludes halogenated alkanes) is 2. The van der Waals surface area contributed by atoms with E-state index in [0.29, 0.717) is 43.5 Å². The summed E-state index contributed by atoms with van der Waals surface area (Å²) in [7, 11) is 0. The van der Waals surface area contributed by atoms with Crippen molar-refractivity contribution in [1.29, 1.82) is 0 Å². The summed E-state index contributed by atoms with van der Waals surface area (Å²) in [5.74, 6) is -0.202. The molecule has 1 saturated heterocycles. The zero-order chi connectivity index (χ0) is 27.6. The Kier molecular flexibility index (Phi) is 10.9. The molecule has 0 bridgehead atoms. The van der Waals surface area contributed by atoms with E-state index < -0.39 is 12.3 Å². The van der Waals surface area contributed by atoms with Crippen molar-refractivity contribution in [3.8, 4) is 0 Å². The van der Waals surface area contributed by atoms with Gasteiger partial charge in [0.15, 0.2) is 10.6 Å². The summed E-state index contributed by atoms with van der Waals surface area (Å²) in [6.45, 7) is 1.93. The lowest BCUT2D eigenvalue weighted by atomic mass is 10.0. The number of hydrogen-bond acceptors (Lipinski definition) is 9. The molecule has 3 unspecified atom stereocenters. The number of thioether (sulfide) groups is 1. The first-order chi connectivity index (χ1) is 18.9. The molecule has 0 spiro atoms. The van der Waals surface area contributed by atoms with Gasteiger partial charge in [-0.05, 0) is 43.0 Å². The maximum atomic E-state index is 12.3. The van der Waals surface area contributed by atoms with Gasteiger partial charge in [-0.15, -0.1) is 10.2 Å². The van der Waals surface area contributed by atoms with Crippen molar-refractivity contribution in [2.45, 2.75) is 74.9 Å². The number of anilines is 1. The summed E-state index contributed by atoms with van der Waals surface area (Å²) in [5.41, 5.74) is 3.40. The number of rotatable bonds is 13. The van der Waals surface area contributed by atoms with Gasteiger partial charge in [0, 0.05) is 36.3 Å². The summed E-state index contributed by atoms with van der Waals surface area (Å²) < 4.78 is 13.6. The molecule has 1 aliphatic heterocycles. The standard InChI is InChI=1S/C28H33N3O6S2/c1-18-30-31-28(39-18)38-17-23-15-24(20-9-7-19(16-32)8-10-20)37-27(36-23)21-11-13-22(14-12-21)29-25(33)5-3-2-4-6-26(34)35/h7-14,23-24,27,32H,2-6,15-17H2,1H3,(H,29,33)(H,34,35). The number of benzene rings is 2. The number of carbonyl (C=O) groups is 2. The Morgan fingerprint density at radius 2 is 1.72 bits per heavy atom. The molecule has 39 heavy (non-hydrogen) atoms. The van der Waals surface area contributed by atoms with E-state index in [1.807, 2.05) is 55.5 Å². The smallest absolute Gasteiger partial charge is 0.303 e. The van der Waals surface area contributed by atoms with Crippen molar-refractivity contribution < 1.29 is 29.3 Å². The number of aliphatic hydroxyl groups is 1. The fourth-order valence-corrected chi connectivity index (χ4v) is 6.07. The third-order valence-corrected chi connectivity index (χ3v) is 8.38.